The standard InChI is InChI=1S/C16H19N3O2/c1-10-7-8-14(21-2)13(9-10)18-16-17-12-6-4-3-5-11(12)15(20)19-16/h7-9H,3-6H2,1-2H3,(H2,17,18,19,20). The molecule has 0 spiro atoms. The number of aromatic amines is 1. The topological polar surface area (TPSA) is 67.0 Å². The number of rotatable bonds is 3. The average molecular weight is 285 g/mol. The molecule has 0 atom stereocenters. The molecule has 5 nitrogen and oxygen atoms in total. The summed E-state index contributed by atoms with van der Waals surface area (Å²) in [5.74, 6) is 1.20. The second-order valence-electron chi connectivity index (χ2n) is 5.38. The second-order valence-corrected chi connectivity index (χ2v) is 5.38. The fourth-order valence-electron chi connectivity index (χ4n) is 2.71. The minimum absolute atomic E-state index is 0.0335. The molecule has 1 aromatic heterocycles. The third kappa shape index (κ3) is 2.77. The third-order valence-electron chi connectivity index (χ3n) is 3.80. The van der Waals surface area contributed by atoms with E-state index in [0.29, 0.717) is 5.95 Å². The molecule has 1 aromatic carbocycles. The maximum atomic E-state index is 12.1. The van der Waals surface area contributed by atoms with E-state index in [2.05, 4.69) is 15.3 Å². The summed E-state index contributed by atoms with van der Waals surface area (Å²) in [6.45, 7) is 2.01. The lowest BCUT2D eigenvalue weighted by molar-refractivity contribution is 0.416. The zero-order valence-corrected chi connectivity index (χ0v) is 12.3. The smallest absolute Gasteiger partial charge is 0.255 e. The van der Waals surface area contributed by atoms with Gasteiger partial charge in [-0.25, -0.2) is 4.98 Å². The summed E-state index contributed by atoms with van der Waals surface area (Å²) in [4.78, 5) is 19.5. The second kappa shape index (κ2) is 5.60. The van der Waals surface area contributed by atoms with Crippen LogP contribution in [-0.2, 0) is 12.8 Å². The van der Waals surface area contributed by atoms with Gasteiger partial charge in [0.25, 0.3) is 5.56 Å². The predicted molar refractivity (Wildman–Crippen MR) is 82.5 cm³/mol. The van der Waals surface area contributed by atoms with Gasteiger partial charge in [-0.3, -0.25) is 9.78 Å². The van der Waals surface area contributed by atoms with E-state index in [-0.39, 0.29) is 5.56 Å². The molecule has 0 saturated carbocycles. The van der Waals surface area contributed by atoms with Crippen LogP contribution in [0.5, 0.6) is 5.75 Å². The van der Waals surface area contributed by atoms with E-state index in [1.54, 1.807) is 7.11 Å². The number of methoxy groups -OCH3 is 1. The Morgan fingerprint density at radius 3 is 2.90 bits per heavy atom. The highest BCUT2D eigenvalue weighted by Gasteiger charge is 2.16. The van der Waals surface area contributed by atoms with Crippen LogP contribution in [0.3, 0.4) is 0 Å². The predicted octanol–water partition coefficient (Wildman–Crippen LogP) is 2.71. The number of aromatic nitrogens is 2. The molecule has 1 aliphatic rings. The first-order chi connectivity index (χ1) is 10.2. The highest BCUT2D eigenvalue weighted by atomic mass is 16.5. The Hall–Kier alpha value is -2.30. The number of benzene rings is 1. The number of fused-ring (bicyclic) bond motifs is 1. The Labute approximate surface area is 123 Å². The largest absolute Gasteiger partial charge is 0.495 e. The van der Waals surface area contributed by atoms with Gasteiger partial charge in [-0.05, 0) is 50.3 Å². The van der Waals surface area contributed by atoms with Crippen molar-refractivity contribution < 1.29 is 4.74 Å². The van der Waals surface area contributed by atoms with E-state index in [9.17, 15) is 4.79 Å². The Morgan fingerprint density at radius 1 is 1.29 bits per heavy atom. The number of hydrogen-bond donors (Lipinski definition) is 2. The Bertz CT molecular complexity index is 722. The van der Waals surface area contributed by atoms with Crippen LogP contribution in [0, 0.1) is 6.92 Å². The number of anilines is 2. The number of ether oxygens (including phenoxy) is 1. The Morgan fingerprint density at radius 2 is 2.10 bits per heavy atom. The molecule has 0 unspecified atom stereocenters. The molecule has 1 heterocycles. The summed E-state index contributed by atoms with van der Waals surface area (Å²) in [6.07, 6.45) is 3.86. The number of H-pyrrole nitrogens is 1. The van der Waals surface area contributed by atoms with Gasteiger partial charge in [-0.15, -0.1) is 0 Å². The molecule has 0 aliphatic heterocycles. The van der Waals surface area contributed by atoms with Crippen molar-refractivity contribution in [2.75, 3.05) is 12.4 Å². The molecule has 21 heavy (non-hydrogen) atoms. The van der Waals surface area contributed by atoms with E-state index >= 15 is 0 Å². The summed E-state index contributed by atoms with van der Waals surface area (Å²) in [6, 6.07) is 5.85. The van der Waals surface area contributed by atoms with Crippen molar-refractivity contribution in [3.63, 3.8) is 0 Å². The first-order valence-electron chi connectivity index (χ1n) is 7.21. The molecule has 2 aromatic rings. The van der Waals surface area contributed by atoms with E-state index in [1.807, 2.05) is 25.1 Å². The highest BCUT2D eigenvalue weighted by Crippen LogP contribution is 2.27. The van der Waals surface area contributed by atoms with E-state index in [0.717, 1.165) is 53.9 Å². The Kier molecular flexibility index (Phi) is 3.64. The van der Waals surface area contributed by atoms with Crippen LogP contribution in [0.1, 0.15) is 29.7 Å². The monoisotopic (exact) mass is 285 g/mol. The quantitative estimate of drug-likeness (QED) is 0.910. The van der Waals surface area contributed by atoms with E-state index < -0.39 is 0 Å². The van der Waals surface area contributed by atoms with Crippen LogP contribution in [0.4, 0.5) is 11.6 Å². The summed E-state index contributed by atoms with van der Waals surface area (Å²) in [7, 11) is 1.62. The summed E-state index contributed by atoms with van der Waals surface area (Å²) < 4.78 is 5.33. The lowest BCUT2D eigenvalue weighted by Crippen LogP contribution is -2.22. The van der Waals surface area contributed by atoms with Crippen LogP contribution in [0.15, 0.2) is 23.0 Å². The molecule has 110 valence electrons. The van der Waals surface area contributed by atoms with Gasteiger partial charge < -0.3 is 10.1 Å². The molecule has 3 rings (SSSR count). The van der Waals surface area contributed by atoms with Crippen LogP contribution in [-0.4, -0.2) is 17.1 Å². The maximum absolute atomic E-state index is 12.1. The van der Waals surface area contributed by atoms with Crippen molar-refractivity contribution in [2.45, 2.75) is 32.6 Å². The molecular formula is C16H19N3O2. The zero-order chi connectivity index (χ0) is 14.8. The van der Waals surface area contributed by atoms with Crippen molar-refractivity contribution >= 4 is 11.6 Å². The summed E-state index contributed by atoms with van der Waals surface area (Å²) in [5, 5.41) is 3.16. The van der Waals surface area contributed by atoms with Gasteiger partial charge in [-0.2, -0.15) is 0 Å². The molecule has 0 saturated heterocycles. The van der Waals surface area contributed by atoms with Crippen LogP contribution in [0.25, 0.3) is 0 Å². The minimum atomic E-state index is -0.0335. The highest BCUT2D eigenvalue weighted by molar-refractivity contribution is 5.63. The maximum Gasteiger partial charge on any atom is 0.255 e. The minimum Gasteiger partial charge on any atom is -0.495 e. The lowest BCUT2D eigenvalue weighted by atomic mass is 9.97. The van der Waals surface area contributed by atoms with Gasteiger partial charge in [0.15, 0.2) is 0 Å². The van der Waals surface area contributed by atoms with Crippen LogP contribution >= 0.6 is 0 Å². The molecule has 0 amide bonds. The molecule has 1 aliphatic carbocycles. The third-order valence-corrected chi connectivity index (χ3v) is 3.80. The summed E-state index contributed by atoms with van der Waals surface area (Å²) in [5.41, 5.74) is 3.63. The molecule has 5 heteroatoms. The zero-order valence-electron chi connectivity index (χ0n) is 12.3. The average Bonchev–Trinajstić information content (AvgIpc) is 2.47. The van der Waals surface area contributed by atoms with Gasteiger partial charge in [0.1, 0.15) is 5.75 Å². The van der Waals surface area contributed by atoms with Crippen LogP contribution < -0.4 is 15.6 Å². The number of hydrogen-bond acceptors (Lipinski definition) is 4. The number of nitrogens with one attached hydrogen (secondary N) is 2. The van der Waals surface area contributed by atoms with Crippen molar-refractivity contribution in [3.8, 4) is 5.75 Å². The Balaban J connectivity index is 1.97. The SMILES string of the molecule is COc1ccc(C)cc1Nc1nc2c(c(=O)[nH]1)CCCC2. The molecule has 0 radical (unpaired) electrons. The first-order valence-corrected chi connectivity index (χ1v) is 7.21. The molecular weight excluding hydrogens is 266 g/mol. The first kappa shape index (κ1) is 13.7. The van der Waals surface area contributed by atoms with Gasteiger partial charge in [0.2, 0.25) is 5.95 Å². The normalized spacial score (nSPS) is 13.6. The fraction of sp³-hybridized carbons (Fsp3) is 0.375. The van der Waals surface area contributed by atoms with Gasteiger partial charge in [-0.1, -0.05) is 6.07 Å². The van der Waals surface area contributed by atoms with Gasteiger partial charge >= 0.3 is 0 Å². The van der Waals surface area contributed by atoms with Crippen molar-refractivity contribution in [1.82, 2.24) is 9.97 Å². The molecule has 0 fully saturated rings. The number of nitrogens with zero attached hydrogens (tertiary/aromatic N) is 1. The fourth-order valence-corrected chi connectivity index (χ4v) is 2.71. The lowest BCUT2D eigenvalue weighted by Gasteiger charge is -2.16. The van der Waals surface area contributed by atoms with Crippen molar-refractivity contribution in [3.05, 3.63) is 45.4 Å². The van der Waals surface area contributed by atoms with E-state index in [1.165, 1.54) is 0 Å². The van der Waals surface area contributed by atoms with Crippen molar-refractivity contribution in [1.29, 1.82) is 0 Å². The summed E-state index contributed by atoms with van der Waals surface area (Å²) >= 11 is 0. The van der Waals surface area contributed by atoms with E-state index in [4.69, 9.17) is 4.74 Å². The van der Waals surface area contributed by atoms with Crippen molar-refractivity contribution in [2.24, 2.45) is 0 Å². The molecule has 2 N–H and O–H groups in total. The van der Waals surface area contributed by atoms with Crippen LogP contribution in [0.2, 0.25) is 0 Å². The van der Waals surface area contributed by atoms with Gasteiger partial charge in [0, 0.05) is 5.56 Å². The van der Waals surface area contributed by atoms with Gasteiger partial charge in [0.05, 0.1) is 18.5 Å². The number of aryl methyl sites for hydroxylation is 2. The molecule has 0 bridgehead atoms.